The Kier molecular flexibility index (Phi) is 7.53. The van der Waals surface area contributed by atoms with Crippen LogP contribution in [0.2, 0.25) is 0 Å². The van der Waals surface area contributed by atoms with Gasteiger partial charge in [-0.2, -0.15) is 0 Å². The first-order valence-corrected chi connectivity index (χ1v) is 10.7. The normalized spacial score (nSPS) is 27.2. The average molecular weight is 372 g/mol. The van der Waals surface area contributed by atoms with Crippen molar-refractivity contribution >= 4 is 5.96 Å². The van der Waals surface area contributed by atoms with Crippen LogP contribution in [0.1, 0.15) is 39.2 Å². The van der Waals surface area contributed by atoms with Gasteiger partial charge in [0, 0.05) is 44.8 Å². The maximum Gasteiger partial charge on any atom is 0.191 e. The maximum absolute atomic E-state index is 4.91. The fourth-order valence-electron chi connectivity index (χ4n) is 4.32. The highest BCUT2D eigenvalue weighted by Crippen LogP contribution is 2.20. The van der Waals surface area contributed by atoms with E-state index in [2.05, 4.69) is 71.5 Å². The number of aliphatic imine (C=N–C) groups is 1. The van der Waals surface area contributed by atoms with E-state index in [0.29, 0.717) is 18.0 Å². The Morgan fingerprint density at radius 1 is 1.19 bits per heavy atom. The Hall–Kier alpha value is -1.59. The molecule has 2 saturated heterocycles. The topological polar surface area (TPSA) is 42.9 Å². The van der Waals surface area contributed by atoms with Crippen LogP contribution in [0, 0.1) is 5.92 Å². The van der Waals surface area contributed by atoms with Crippen molar-refractivity contribution in [2.24, 2.45) is 10.9 Å². The minimum absolute atomic E-state index is 0.470. The summed E-state index contributed by atoms with van der Waals surface area (Å²) in [5.41, 5.74) is 1.40. The predicted octanol–water partition coefficient (Wildman–Crippen LogP) is 2.55. The summed E-state index contributed by atoms with van der Waals surface area (Å²) in [6.07, 6.45) is 2.45. The van der Waals surface area contributed by atoms with Crippen LogP contribution in [-0.2, 0) is 6.54 Å². The van der Waals surface area contributed by atoms with Gasteiger partial charge < -0.3 is 15.5 Å². The van der Waals surface area contributed by atoms with E-state index in [-0.39, 0.29) is 0 Å². The third kappa shape index (κ3) is 5.94. The lowest BCUT2D eigenvalue weighted by molar-refractivity contribution is 0.258. The fraction of sp³-hybridized carbons (Fsp3) is 0.682. The van der Waals surface area contributed by atoms with Crippen LogP contribution >= 0.6 is 0 Å². The molecule has 0 aromatic heterocycles. The van der Waals surface area contributed by atoms with Gasteiger partial charge >= 0.3 is 0 Å². The van der Waals surface area contributed by atoms with Crippen LogP contribution in [0.15, 0.2) is 35.3 Å². The first-order valence-electron chi connectivity index (χ1n) is 10.7. The molecule has 0 spiro atoms. The molecule has 27 heavy (non-hydrogen) atoms. The van der Waals surface area contributed by atoms with E-state index < -0.39 is 0 Å². The van der Waals surface area contributed by atoms with Crippen molar-refractivity contribution in [2.75, 3.05) is 39.3 Å². The molecule has 5 heteroatoms. The quantitative estimate of drug-likeness (QED) is 0.571. The van der Waals surface area contributed by atoms with Crippen LogP contribution in [0.4, 0.5) is 0 Å². The zero-order valence-corrected chi connectivity index (χ0v) is 17.3. The largest absolute Gasteiger partial charge is 0.357 e. The van der Waals surface area contributed by atoms with Gasteiger partial charge in [-0.3, -0.25) is 9.89 Å². The molecular formula is C22H37N5. The molecule has 2 aliphatic rings. The Labute approximate surface area is 165 Å². The number of nitrogens with one attached hydrogen (secondary N) is 2. The van der Waals surface area contributed by atoms with Gasteiger partial charge in [0.1, 0.15) is 0 Å². The van der Waals surface area contributed by atoms with Crippen molar-refractivity contribution in [2.45, 2.75) is 52.2 Å². The zero-order chi connectivity index (χ0) is 19.1. The van der Waals surface area contributed by atoms with Gasteiger partial charge in [-0.05, 0) is 51.3 Å². The Balaban J connectivity index is 1.51. The Bertz CT molecular complexity index is 588. The van der Waals surface area contributed by atoms with E-state index in [9.17, 15) is 0 Å². The predicted molar refractivity (Wildman–Crippen MR) is 114 cm³/mol. The first-order chi connectivity index (χ1) is 13.2. The molecule has 3 rings (SSSR count). The smallest absolute Gasteiger partial charge is 0.191 e. The van der Waals surface area contributed by atoms with Gasteiger partial charge in [0.15, 0.2) is 5.96 Å². The summed E-state index contributed by atoms with van der Waals surface area (Å²) in [6.45, 7) is 14.3. The third-order valence-corrected chi connectivity index (χ3v) is 5.94. The number of hydrogen-bond donors (Lipinski definition) is 2. The number of hydrogen-bond acceptors (Lipinski definition) is 3. The molecule has 2 fully saturated rings. The van der Waals surface area contributed by atoms with Crippen LogP contribution in [-0.4, -0.2) is 67.1 Å². The van der Waals surface area contributed by atoms with Crippen molar-refractivity contribution in [3.63, 3.8) is 0 Å². The highest BCUT2D eigenvalue weighted by molar-refractivity contribution is 5.80. The van der Waals surface area contributed by atoms with Crippen LogP contribution in [0.3, 0.4) is 0 Å². The van der Waals surface area contributed by atoms with Crippen molar-refractivity contribution in [3.05, 3.63) is 35.9 Å². The first kappa shape index (κ1) is 20.2. The van der Waals surface area contributed by atoms with E-state index in [1.54, 1.807) is 0 Å². The summed E-state index contributed by atoms with van der Waals surface area (Å²) in [5.74, 6) is 1.70. The number of rotatable bonds is 7. The number of likely N-dealkylation sites (tertiary alicyclic amines) is 2. The lowest BCUT2D eigenvalue weighted by Gasteiger charge is -2.21. The maximum atomic E-state index is 4.91. The van der Waals surface area contributed by atoms with E-state index in [0.717, 1.165) is 38.7 Å². The fourth-order valence-corrected chi connectivity index (χ4v) is 4.32. The molecule has 0 bridgehead atoms. The number of benzene rings is 1. The number of guanidine groups is 1. The molecule has 0 saturated carbocycles. The molecular weight excluding hydrogens is 334 g/mol. The summed E-state index contributed by atoms with van der Waals surface area (Å²) in [4.78, 5) is 10.0. The van der Waals surface area contributed by atoms with Crippen LogP contribution in [0.25, 0.3) is 0 Å². The molecule has 3 unspecified atom stereocenters. The lowest BCUT2D eigenvalue weighted by Crippen LogP contribution is -2.44. The van der Waals surface area contributed by atoms with E-state index >= 15 is 0 Å². The van der Waals surface area contributed by atoms with E-state index in [4.69, 9.17) is 4.99 Å². The van der Waals surface area contributed by atoms with E-state index in [1.165, 1.54) is 31.5 Å². The molecule has 5 nitrogen and oxygen atoms in total. The SMILES string of the molecule is CCNC(=NCC1CCN(CC)C1)NC1CC(C)N(Cc2ccccc2)C1. The molecule has 1 aromatic carbocycles. The minimum Gasteiger partial charge on any atom is -0.357 e. The average Bonchev–Trinajstić information content (AvgIpc) is 3.27. The summed E-state index contributed by atoms with van der Waals surface area (Å²) in [6, 6.07) is 11.9. The summed E-state index contributed by atoms with van der Waals surface area (Å²) in [7, 11) is 0. The summed E-state index contributed by atoms with van der Waals surface area (Å²) < 4.78 is 0. The van der Waals surface area contributed by atoms with Crippen molar-refractivity contribution < 1.29 is 0 Å². The summed E-state index contributed by atoms with van der Waals surface area (Å²) in [5, 5.41) is 7.14. The van der Waals surface area contributed by atoms with Crippen molar-refractivity contribution in [1.29, 1.82) is 0 Å². The summed E-state index contributed by atoms with van der Waals surface area (Å²) >= 11 is 0. The van der Waals surface area contributed by atoms with E-state index in [1.807, 2.05) is 0 Å². The van der Waals surface area contributed by atoms with Gasteiger partial charge in [0.25, 0.3) is 0 Å². The van der Waals surface area contributed by atoms with Gasteiger partial charge in [0.05, 0.1) is 0 Å². The van der Waals surface area contributed by atoms with Gasteiger partial charge in [-0.1, -0.05) is 37.3 Å². The zero-order valence-electron chi connectivity index (χ0n) is 17.3. The van der Waals surface area contributed by atoms with Crippen molar-refractivity contribution in [3.8, 4) is 0 Å². The molecule has 2 heterocycles. The Morgan fingerprint density at radius 2 is 2.00 bits per heavy atom. The van der Waals surface area contributed by atoms with Crippen LogP contribution in [0.5, 0.6) is 0 Å². The lowest BCUT2D eigenvalue weighted by atomic mass is 10.1. The second kappa shape index (κ2) is 10.1. The minimum atomic E-state index is 0.470. The molecule has 3 atom stereocenters. The second-order valence-electron chi connectivity index (χ2n) is 8.11. The van der Waals surface area contributed by atoms with Gasteiger partial charge in [-0.15, -0.1) is 0 Å². The highest BCUT2D eigenvalue weighted by atomic mass is 15.3. The molecule has 150 valence electrons. The standard InChI is InChI=1S/C22H37N5/c1-4-23-22(24-14-20-11-12-26(5-2)15-20)25-21-13-18(3)27(17-21)16-19-9-7-6-8-10-19/h6-10,18,20-21H,4-5,11-17H2,1-3H3,(H2,23,24,25). The van der Waals surface area contributed by atoms with Gasteiger partial charge in [0.2, 0.25) is 0 Å². The van der Waals surface area contributed by atoms with Gasteiger partial charge in [-0.25, -0.2) is 0 Å². The second-order valence-corrected chi connectivity index (χ2v) is 8.11. The monoisotopic (exact) mass is 371 g/mol. The molecule has 0 radical (unpaired) electrons. The molecule has 2 N–H and O–H groups in total. The highest BCUT2D eigenvalue weighted by Gasteiger charge is 2.29. The molecule has 2 aliphatic heterocycles. The van der Waals surface area contributed by atoms with Crippen molar-refractivity contribution in [1.82, 2.24) is 20.4 Å². The Morgan fingerprint density at radius 3 is 2.70 bits per heavy atom. The molecule has 0 amide bonds. The van der Waals surface area contributed by atoms with Crippen LogP contribution < -0.4 is 10.6 Å². The molecule has 1 aromatic rings. The third-order valence-electron chi connectivity index (χ3n) is 5.94. The molecule has 0 aliphatic carbocycles. The number of nitrogens with zero attached hydrogens (tertiary/aromatic N) is 3.